The number of nitriles is 1. The normalized spacial score (nSPS) is 21.5. The van der Waals surface area contributed by atoms with Crippen LogP contribution in [0.1, 0.15) is 37.7 Å². The maximum Gasteiger partial charge on any atom is 0.422 e. The van der Waals surface area contributed by atoms with Crippen molar-refractivity contribution in [2.75, 3.05) is 13.2 Å². The van der Waals surface area contributed by atoms with Gasteiger partial charge in [-0.05, 0) is 54.2 Å². The number of halogens is 4. The van der Waals surface area contributed by atoms with Crippen LogP contribution in [0.5, 0.6) is 5.75 Å². The second-order valence-corrected chi connectivity index (χ2v) is 14.3. The van der Waals surface area contributed by atoms with Gasteiger partial charge in [-0.1, -0.05) is 54.1 Å². The summed E-state index contributed by atoms with van der Waals surface area (Å²) in [5, 5.41) is 12.2. The van der Waals surface area contributed by atoms with E-state index in [4.69, 9.17) is 16.3 Å². The monoisotopic (exact) mass is 661 g/mol. The minimum Gasteiger partial charge on any atom is -0.484 e. The average Bonchev–Trinajstić information content (AvgIpc) is 3.92. The van der Waals surface area contributed by atoms with Crippen LogP contribution in [0.3, 0.4) is 0 Å². The SMILES string of the molecule is N#CC1(NC(=O)O[C@H]2C[C@@H](S(=O)(=O)c3ccc(OCC(F)(F)F)cc3Cl)CN2C(=O)C2(c3ccc4ccccc4c3)CC2)CC1. The Bertz CT molecular complexity index is 1840. The first kappa shape index (κ1) is 31.0. The van der Waals surface area contributed by atoms with Gasteiger partial charge in [0.25, 0.3) is 0 Å². The van der Waals surface area contributed by atoms with E-state index in [-0.39, 0.29) is 28.6 Å². The second kappa shape index (κ2) is 11.1. The number of rotatable bonds is 8. The molecule has 2 saturated carbocycles. The van der Waals surface area contributed by atoms with E-state index >= 15 is 0 Å². The summed E-state index contributed by atoms with van der Waals surface area (Å²) in [7, 11) is -4.28. The lowest BCUT2D eigenvalue weighted by Gasteiger charge is -2.29. The maximum atomic E-state index is 14.2. The molecule has 45 heavy (non-hydrogen) atoms. The number of hydrogen-bond acceptors (Lipinski definition) is 7. The molecule has 2 aliphatic carbocycles. The number of likely N-dealkylation sites (tertiary alicyclic amines) is 1. The van der Waals surface area contributed by atoms with Crippen LogP contribution < -0.4 is 10.1 Å². The number of alkyl carbamates (subject to hydrolysis) is 1. The fourth-order valence-electron chi connectivity index (χ4n) is 5.71. The minimum absolute atomic E-state index is 0.269. The molecule has 3 aromatic carbocycles. The van der Waals surface area contributed by atoms with Crippen molar-refractivity contribution in [2.45, 2.75) is 65.6 Å². The first-order chi connectivity index (χ1) is 21.3. The van der Waals surface area contributed by atoms with Crippen molar-refractivity contribution in [1.29, 1.82) is 5.26 Å². The number of alkyl halides is 3. The summed E-state index contributed by atoms with van der Waals surface area (Å²) in [5.74, 6) is -0.661. The summed E-state index contributed by atoms with van der Waals surface area (Å²) >= 11 is 6.22. The molecule has 1 saturated heterocycles. The molecular weight excluding hydrogens is 635 g/mol. The molecule has 6 rings (SSSR count). The third-order valence-corrected chi connectivity index (χ3v) is 11.1. The highest BCUT2D eigenvalue weighted by Crippen LogP contribution is 2.51. The Labute approximate surface area is 261 Å². The molecule has 2 atom stereocenters. The van der Waals surface area contributed by atoms with E-state index in [0.717, 1.165) is 34.5 Å². The molecule has 1 N–H and O–H groups in total. The molecule has 236 valence electrons. The van der Waals surface area contributed by atoms with Crippen molar-refractivity contribution in [1.82, 2.24) is 10.2 Å². The van der Waals surface area contributed by atoms with E-state index in [0.29, 0.717) is 25.7 Å². The van der Waals surface area contributed by atoms with E-state index in [9.17, 15) is 36.4 Å². The van der Waals surface area contributed by atoms with Gasteiger partial charge >= 0.3 is 12.3 Å². The number of ether oxygens (including phenoxy) is 2. The van der Waals surface area contributed by atoms with Crippen molar-refractivity contribution in [3.8, 4) is 11.8 Å². The minimum atomic E-state index is -4.60. The molecule has 1 heterocycles. The van der Waals surface area contributed by atoms with Crippen molar-refractivity contribution in [2.24, 2.45) is 0 Å². The number of benzene rings is 3. The highest BCUT2D eigenvalue weighted by molar-refractivity contribution is 7.92. The Morgan fingerprint density at radius 2 is 1.76 bits per heavy atom. The Morgan fingerprint density at radius 1 is 1.04 bits per heavy atom. The van der Waals surface area contributed by atoms with E-state index in [1.165, 1.54) is 4.90 Å². The van der Waals surface area contributed by atoms with Crippen LogP contribution in [-0.4, -0.2) is 61.7 Å². The Hall–Kier alpha value is -4.02. The topological polar surface area (TPSA) is 126 Å². The van der Waals surface area contributed by atoms with Crippen LogP contribution >= 0.6 is 11.6 Å². The Morgan fingerprint density at radius 3 is 2.38 bits per heavy atom. The molecule has 0 aromatic heterocycles. The largest absolute Gasteiger partial charge is 0.484 e. The van der Waals surface area contributed by atoms with Crippen LogP contribution in [0.15, 0.2) is 65.6 Å². The lowest BCUT2D eigenvalue weighted by molar-refractivity contribution is -0.153. The van der Waals surface area contributed by atoms with Gasteiger partial charge in [0.05, 0.1) is 26.7 Å². The van der Waals surface area contributed by atoms with Gasteiger partial charge in [-0.15, -0.1) is 0 Å². The molecule has 3 fully saturated rings. The number of nitrogens with zero attached hydrogens (tertiary/aromatic N) is 2. The zero-order valence-corrected chi connectivity index (χ0v) is 25.2. The molecule has 0 spiro atoms. The average molecular weight is 662 g/mol. The molecule has 3 aromatic rings. The summed E-state index contributed by atoms with van der Waals surface area (Å²) in [4.78, 5) is 27.9. The number of amides is 2. The zero-order chi connectivity index (χ0) is 32.2. The van der Waals surface area contributed by atoms with Gasteiger partial charge in [0.2, 0.25) is 5.91 Å². The molecule has 0 bridgehead atoms. The fraction of sp³-hybridized carbons (Fsp3) is 0.387. The van der Waals surface area contributed by atoms with Gasteiger partial charge in [0, 0.05) is 19.0 Å². The first-order valence-corrected chi connectivity index (χ1v) is 16.1. The van der Waals surface area contributed by atoms with Crippen LogP contribution in [0.4, 0.5) is 18.0 Å². The predicted octanol–water partition coefficient (Wildman–Crippen LogP) is 5.65. The second-order valence-electron chi connectivity index (χ2n) is 11.7. The number of carbonyl (C=O) groups excluding carboxylic acids is 2. The lowest BCUT2D eigenvalue weighted by Crippen LogP contribution is -2.46. The third-order valence-electron chi connectivity index (χ3n) is 8.53. The summed E-state index contributed by atoms with van der Waals surface area (Å²) in [6.07, 6.45) is -5.19. The van der Waals surface area contributed by atoms with Gasteiger partial charge in [0.1, 0.15) is 11.3 Å². The molecule has 9 nitrogen and oxygen atoms in total. The summed E-state index contributed by atoms with van der Waals surface area (Å²) < 4.78 is 75.6. The van der Waals surface area contributed by atoms with Crippen LogP contribution in [0.2, 0.25) is 5.02 Å². The summed E-state index contributed by atoms with van der Waals surface area (Å²) in [6.45, 7) is -1.90. The van der Waals surface area contributed by atoms with Gasteiger partial charge in [0.15, 0.2) is 22.7 Å². The zero-order valence-electron chi connectivity index (χ0n) is 23.6. The smallest absolute Gasteiger partial charge is 0.422 e. The number of sulfone groups is 1. The molecule has 0 unspecified atom stereocenters. The standard InChI is InChI=1S/C31H27ClF3N3O6S/c32-24-14-22(43-18-31(33,34)35)7-8-25(24)45(41,42)23-15-26(44-28(40)37-29(17-36)9-10-29)38(16-23)27(39)30(11-12-30)21-6-5-19-3-1-2-4-20(19)13-21/h1-8,13-14,23,26H,9-12,15-16,18H2,(H,37,40)/t23-,26+/m1/s1. The van der Waals surface area contributed by atoms with Crippen LogP contribution in [-0.2, 0) is 24.8 Å². The van der Waals surface area contributed by atoms with Crippen LogP contribution in [0.25, 0.3) is 10.8 Å². The molecular formula is C31H27ClF3N3O6S. The van der Waals surface area contributed by atoms with Gasteiger partial charge in [-0.25, -0.2) is 13.2 Å². The maximum absolute atomic E-state index is 14.2. The first-order valence-electron chi connectivity index (χ1n) is 14.2. The van der Waals surface area contributed by atoms with E-state index in [1.54, 1.807) is 0 Å². The highest BCUT2D eigenvalue weighted by atomic mass is 35.5. The predicted molar refractivity (Wildman–Crippen MR) is 156 cm³/mol. The van der Waals surface area contributed by atoms with Crippen molar-refractivity contribution in [3.05, 3.63) is 71.2 Å². The molecule has 14 heteroatoms. The Kier molecular flexibility index (Phi) is 7.64. The quantitative estimate of drug-likeness (QED) is 0.331. The number of nitrogens with one attached hydrogen (secondary N) is 1. The van der Waals surface area contributed by atoms with E-state index in [2.05, 4.69) is 10.1 Å². The third kappa shape index (κ3) is 6.13. The summed E-state index contributed by atoms with van der Waals surface area (Å²) in [6, 6.07) is 18.5. The van der Waals surface area contributed by atoms with Crippen molar-refractivity contribution >= 4 is 44.2 Å². The molecule has 1 aliphatic heterocycles. The van der Waals surface area contributed by atoms with Crippen molar-refractivity contribution < 1.29 is 40.7 Å². The molecule has 0 radical (unpaired) electrons. The van der Waals surface area contributed by atoms with Gasteiger partial charge < -0.3 is 19.7 Å². The fourth-order valence-corrected chi connectivity index (χ4v) is 7.93. The van der Waals surface area contributed by atoms with E-state index in [1.807, 2.05) is 48.5 Å². The van der Waals surface area contributed by atoms with E-state index < -0.39 is 57.1 Å². The summed E-state index contributed by atoms with van der Waals surface area (Å²) in [5.41, 5.74) is -1.22. The Balaban J connectivity index is 1.28. The number of hydrogen-bond donors (Lipinski definition) is 1. The number of carbonyl (C=O) groups is 2. The van der Waals surface area contributed by atoms with Crippen molar-refractivity contribution in [3.63, 3.8) is 0 Å². The number of fused-ring (bicyclic) bond motifs is 1. The van der Waals surface area contributed by atoms with Gasteiger partial charge in [-0.3, -0.25) is 4.79 Å². The molecule has 3 aliphatic rings. The van der Waals surface area contributed by atoms with Gasteiger partial charge in [-0.2, -0.15) is 18.4 Å². The molecule has 2 amide bonds. The highest BCUT2D eigenvalue weighted by Gasteiger charge is 2.57. The lowest BCUT2D eigenvalue weighted by atomic mass is 9.92. The van der Waals surface area contributed by atoms with Crippen LogP contribution in [0, 0.1) is 11.3 Å².